The van der Waals surface area contributed by atoms with Gasteiger partial charge in [-0.2, -0.15) is 0 Å². The first-order valence-corrected chi connectivity index (χ1v) is 7.68. The summed E-state index contributed by atoms with van der Waals surface area (Å²) in [4.78, 5) is 19.8. The van der Waals surface area contributed by atoms with Crippen LogP contribution in [-0.4, -0.2) is 31.4 Å². The van der Waals surface area contributed by atoms with E-state index in [0.29, 0.717) is 5.92 Å². The van der Waals surface area contributed by atoms with Gasteiger partial charge in [0, 0.05) is 12.2 Å². The number of aliphatic carboxylic acids is 1. The third-order valence-electron chi connectivity index (χ3n) is 3.21. The Morgan fingerprint density at radius 2 is 2.20 bits per heavy atom. The molecule has 2 aromatic rings. The molecule has 2 rings (SSSR count). The van der Waals surface area contributed by atoms with Gasteiger partial charge in [0.15, 0.2) is 10.8 Å². The molecule has 0 aliphatic heterocycles. The molecule has 0 radical (unpaired) electrons. The van der Waals surface area contributed by atoms with Crippen LogP contribution in [0.25, 0.3) is 11.2 Å². The van der Waals surface area contributed by atoms with E-state index in [1.54, 1.807) is 0 Å². The number of fused-ring (bicyclic) bond motifs is 1. The minimum absolute atomic E-state index is 0.0167. The molecule has 0 aromatic carbocycles. The summed E-state index contributed by atoms with van der Waals surface area (Å²) >= 11 is 1.25. The van der Waals surface area contributed by atoms with Crippen LogP contribution in [0.3, 0.4) is 0 Å². The second kappa shape index (κ2) is 6.26. The van der Waals surface area contributed by atoms with Gasteiger partial charge in [0.2, 0.25) is 0 Å². The van der Waals surface area contributed by atoms with Gasteiger partial charge in [-0.15, -0.1) is 0 Å². The zero-order valence-corrected chi connectivity index (χ0v) is 12.8. The minimum atomic E-state index is -0.832. The number of rotatable bonds is 6. The highest BCUT2D eigenvalue weighted by molar-refractivity contribution is 7.99. The summed E-state index contributed by atoms with van der Waals surface area (Å²) in [7, 11) is 0. The fourth-order valence-electron chi connectivity index (χ4n) is 1.92. The Balaban J connectivity index is 2.42. The number of hydrogen-bond acceptors (Lipinski definition) is 4. The number of aromatic nitrogens is 3. The Labute approximate surface area is 122 Å². The van der Waals surface area contributed by atoms with Crippen molar-refractivity contribution >= 4 is 28.9 Å². The summed E-state index contributed by atoms with van der Waals surface area (Å²) in [6.07, 6.45) is 1.06. The van der Waals surface area contributed by atoms with Crippen LogP contribution in [0.1, 0.15) is 26.0 Å². The van der Waals surface area contributed by atoms with Gasteiger partial charge >= 0.3 is 5.97 Å². The van der Waals surface area contributed by atoms with E-state index in [0.717, 1.165) is 35.0 Å². The molecule has 5 nitrogen and oxygen atoms in total. The van der Waals surface area contributed by atoms with Crippen molar-refractivity contribution in [3.8, 4) is 0 Å². The van der Waals surface area contributed by atoms with E-state index in [1.807, 2.05) is 23.6 Å². The summed E-state index contributed by atoms with van der Waals surface area (Å²) in [6.45, 7) is 7.08. The normalized spacial score (nSPS) is 12.8. The van der Waals surface area contributed by atoms with Gasteiger partial charge in [0.05, 0.1) is 5.75 Å². The van der Waals surface area contributed by atoms with Crippen molar-refractivity contribution in [3.63, 3.8) is 0 Å². The van der Waals surface area contributed by atoms with Crippen LogP contribution >= 0.6 is 11.8 Å². The summed E-state index contributed by atoms with van der Waals surface area (Å²) in [5, 5.41) is 9.58. The molecule has 1 N–H and O–H groups in total. The maximum absolute atomic E-state index is 10.8. The molecule has 0 aliphatic rings. The zero-order chi connectivity index (χ0) is 14.7. The lowest BCUT2D eigenvalue weighted by Crippen LogP contribution is -2.09. The van der Waals surface area contributed by atoms with Crippen LogP contribution in [0.2, 0.25) is 0 Å². The number of nitrogens with zero attached hydrogens (tertiary/aromatic N) is 3. The van der Waals surface area contributed by atoms with Gasteiger partial charge in [0.1, 0.15) is 5.52 Å². The number of thioether (sulfide) groups is 1. The lowest BCUT2D eigenvalue weighted by molar-refractivity contribution is -0.133. The molecule has 1 unspecified atom stereocenters. The monoisotopic (exact) mass is 293 g/mol. The van der Waals surface area contributed by atoms with Gasteiger partial charge in [-0.3, -0.25) is 4.79 Å². The molecule has 0 fully saturated rings. The van der Waals surface area contributed by atoms with Gasteiger partial charge in [-0.1, -0.05) is 32.0 Å². The number of hydrogen-bond donors (Lipinski definition) is 1. The third-order valence-corrected chi connectivity index (χ3v) is 4.17. The number of aryl methyl sites for hydroxylation is 1. The highest BCUT2D eigenvalue weighted by Gasteiger charge is 2.15. The second-order valence-corrected chi connectivity index (χ2v) is 5.94. The standard InChI is InChI=1S/C14H19N3O2S/c1-4-9(2)7-17-13-11(6-5-10(3)15-13)16-14(17)20-8-12(18)19/h5-6,9H,4,7-8H2,1-3H3,(H,18,19). The van der Waals surface area contributed by atoms with Crippen LogP contribution in [0.15, 0.2) is 17.3 Å². The molecular weight excluding hydrogens is 274 g/mol. The predicted molar refractivity (Wildman–Crippen MR) is 80.1 cm³/mol. The fourth-order valence-corrected chi connectivity index (χ4v) is 2.65. The maximum Gasteiger partial charge on any atom is 0.313 e. The highest BCUT2D eigenvalue weighted by Crippen LogP contribution is 2.24. The smallest absolute Gasteiger partial charge is 0.313 e. The topological polar surface area (TPSA) is 68.0 Å². The predicted octanol–water partition coefficient (Wildman–Crippen LogP) is 2.96. The average molecular weight is 293 g/mol. The Morgan fingerprint density at radius 1 is 1.45 bits per heavy atom. The minimum Gasteiger partial charge on any atom is -0.481 e. The number of carboxylic acids is 1. The molecule has 0 aliphatic carbocycles. The van der Waals surface area contributed by atoms with E-state index < -0.39 is 5.97 Å². The molecule has 20 heavy (non-hydrogen) atoms. The Morgan fingerprint density at radius 3 is 2.85 bits per heavy atom. The van der Waals surface area contributed by atoms with Crippen LogP contribution in [0, 0.1) is 12.8 Å². The molecule has 0 spiro atoms. The van der Waals surface area contributed by atoms with Gasteiger partial charge in [-0.25, -0.2) is 9.97 Å². The first-order chi connectivity index (χ1) is 9.51. The molecule has 1 atom stereocenters. The van der Waals surface area contributed by atoms with E-state index in [9.17, 15) is 4.79 Å². The van der Waals surface area contributed by atoms with Crippen LogP contribution in [-0.2, 0) is 11.3 Å². The van der Waals surface area contributed by atoms with Crippen molar-refractivity contribution in [2.24, 2.45) is 5.92 Å². The molecule has 2 heterocycles. The van der Waals surface area contributed by atoms with E-state index in [2.05, 4.69) is 23.8 Å². The Bertz CT molecular complexity index is 624. The number of pyridine rings is 1. The van der Waals surface area contributed by atoms with Crippen molar-refractivity contribution in [1.29, 1.82) is 0 Å². The first kappa shape index (κ1) is 14.8. The Kier molecular flexibility index (Phi) is 4.65. The largest absolute Gasteiger partial charge is 0.481 e. The first-order valence-electron chi connectivity index (χ1n) is 6.69. The molecule has 0 saturated heterocycles. The number of carbonyl (C=O) groups is 1. The van der Waals surface area contributed by atoms with Crippen molar-refractivity contribution in [1.82, 2.24) is 14.5 Å². The number of carboxylic acid groups (broad SMARTS) is 1. The molecule has 0 saturated carbocycles. The summed E-state index contributed by atoms with van der Waals surface area (Å²) in [5.41, 5.74) is 2.61. The van der Waals surface area contributed by atoms with E-state index >= 15 is 0 Å². The molecular formula is C14H19N3O2S. The van der Waals surface area contributed by atoms with Crippen molar-refractivity contribution in [3.05, 3.63) is 17.8 Å². The summed E-state index contributed by atoms with van der Waals surface area (Å²) < 4.78 is 2.05. The molecule has 0 amide bonds. The average Bonchev–Trinajstić information content (AvgIpc) is 2.74. The molecule has 0 bridgehead atoms. The third kappa shape index (κ3) is 3.30. The molecule has 108 valence electrons. The van der Waals surface area contributed by atoms with Gasteiger partial charge in [0.25, 0.3) is 0 Å². The SMILES string of the molecule is CCC(C)Cn1c(SCC(=O)O)nc2ccc(C)nc21. The van der Waals surface area contributed by atoms with Crippen molar-refractivity contribution in [2.75, 3.05) is 5.75 Å². The van der Waals surface area contributed by atoms with E-state index in [-0.39, 0.29) is 5.75 Å². The van der Waals surface area contributed by atoms with Crippen LogP contribution in [0.4, 0.5) is 0 Å². The quantitative estimate of drug-likeness (QED) is 0.829. The van der Waals surface area contributed by atoms with Crippen molar-refractivity contribution in [2.45, 2.75) is 38.9 Å². The fraction of sp³-hybridized carbons (Fsp3) is 0.500. The van der Waals surface area contributed by atoms with Crippen LogP contribution in [0.5, 0.6) is 0 Å². The highest BCUT2D eigenvalue weighted by atomic mass is 32.2. The lowest BCUT2D eigenvalue weighted by Gasteiger charge is -2.12. The van der Waals surface area contributed by atoms with E-state index in [1.165, 1.54) is 11.8 Å². The summed E-state index contributed by atoms with van der Waals surface area (Å²) in [5.74, 6) is -0.316. The van der Waals surface area contributed by atoms with Crippen molar-refractivity contribution < 1.29 is 9.90 Å². The van der Waals surface area contributed by atoms with Gasteiger partial charge in [-0.05, 0) is 25.0 Å². The molecule has 6 heteroatoms. The van der Waals surface area contributed by atoms with Crippen LogP contribution < -0.4 is 0 Å². The molecule has 2 aromatic heterocycles. The lowest BCUT2D eigenvalue weighted by atomic mass is 10.1. The Hall–Kier alpha value is -1.56. The maximum atomic E-state index is 10.8. The zero-order valence-electron chi connectivity index (χ0n) is 12.0. The van der Waals surface area contributed by atoms with E-state index in [4.69, 9.17) is 5.11 Å². The summed E-state index contributed by atoms with van der Waals surface area (Å²) in [6, 6.07) is 3.87. The van der Waals surface area contributed by atoms with Gasteiger partial charge < -0.3 is 9.67 Å². The second-order valence-electron chi connectivity index (χ2n) is 5.00. The number of imidazole rings is 1.